The first-order valence-electron chi connectivity index (χ1n) is 7.04. The lowest BCUT2D eigenvalue weighted by Crippen LogP contribution is -2.79. The Hall–Kier alpha value is -1.67. The van der Waals surface area contributed by atoms with Crippen LogP contribution in [0, 0.1) is 0 Å². The first kappa shape index (κ1) is 14.0. The number of hydrogen-bond donors (Lipinski definition) is 4. The van der Waals surface area contributed by atoms with Crippen LogP contribution in [0.2, 0.25) is 0 Å². The lowest BCUT2D eigenvalue weighted by molar-refractivity contribution is -0.225. The largest absolute Gasteiger partial charge is 0.507 e. The molecule has 1 aromatic rings. The fraction of sp³-hybridized carbons (Fsp3) is 0.533. The molecule has 7 nitrogen and oxygen atoms in total. The van der Waals surface area contributed by atoms with Gasteiger partial charge in [-0.3, -0.25) is 4.79 Å². The van der Waals surface area contributed by atoms with Crippen molar-refractivity contribution < 1.29 is 34.7 Å². The van der Waals surface area contributed by atoms with E-state index in [9.17, 15) is 25.2 Å². The Labute approximate surface area is 125 Å². The van der Waals surface area contributed by atoms with Gasteiger partial charge in [-0.15, -0.1) is 0 Å². The van der Waals surface area contributed by atoms with Crippen molar-refractivity contribution in [3.63, 3.8) is 0 Å². The maximum absolute atomic E-state index is 12.8. The highest BCUT2D eigenvalue weighted by molar-refractivity contribution is 6.09. The minimum Gasteiger partial charge on any atom is -0.507 e. The van der Waals surface area contributed by atoms with Gasteiger partial charge in [0.05, 0.1) is 18.3 Å². The van der Waals surface area contributed by atoms with Crippen molar-refractivity contribution in [2.75, 3.05) is 6.61 Å². The van der Waals surface area contributed by atoms with Gasteiger partial charge in [0.1, 0.15) is 23.2 Å². The normalized spacial score (nSPS) is 45.9. The minimum absolute atomic E-state index is 0.0516. The maximum atomic E-state index is 12.8. The lowest BCUT2D eigenvalue weighted by Gasteiger charge is -2.54. The summed E-state index contributed by atoms with van der Waals surface area (Å²) >= 11 is 0. The molecule has 2 heterocycles. The van der Waals surface area contributed by atoms with Crippen LogP contribution in [0.25, 0.3) is 0 Å². The molecule has 1 aliphatic carbocycles. The van der Waals surface area contributed by atoms with Crippen LogP contribution in [-0.4, -0.2) is 61.8 Å². The van der Waals surface area contributed by atoms with Gasteiger partial charge in [0.2, 0.25) is 5.78 Å². The monoisotopic (exact) mass is 308 g/mol. The number of hydrogen-bond acceptors (Lipinski definition) is 7. The van der Waals surface area contributed by atoms with E-state index in [1.165, 1.54) is 18.2 Å². The number of carbonyl (C=O) groups is 1. The molecule has 2 bridgehead atoms. The zero-order chi connectivity index (χ0) is 15.9. The predicted octanol–water partition coefficient (Wildman–Crippen LogP) is -0.648. The van der Waals surface area contributed by atoms with Crippen molar-refractivity contribution in [2.24, 2.45) is 0 Å². The Kier molecular flexibility index (Phi) is 2.41. The molecule has 0 radical (unpaired) electrons. The van der Waals surface area contributed by atoms with E-state index in [-0.39, 0.29) is 30.1 Å². The number of phenolic OH excluding ortho intramolecular Hbond substituents is 1. The quantitative estimate of drug-likeness (QED) is 0.503. The molecule has 2 aliphatic heterocycles. The summed E-state index contributed by atoms with van der Waals surface area (Å²) < 4.78 is 11.3. The SMILES string of the molecule is C[C@]12C[C@@H](O)[C@]3(O)C(=O)c4c(O)cccc4O[C@@]3(CO1)[C@@H]2O. The Morgan fingerprint density at radius 3 is 2.77 bits per heavy atom. The standard InChI is InChI=1S/C15H16O7/c1-13-5-9(17)15(20)11(18)10-7(16)3-2-4-8(10)22-14(15,6-21-13)12(13)19/h2-4,9,12,16-17,19-20H,5-6H2,1H3/t9-,12-,13-,14+,15+/m1/s1. The molecule has 118 valence electrons. The molecular formula is C15H16O7. The summed E-state index contributed by atoms with van der Waals surface area (Å²) in [6.07, 6.45) is -2.90. The molecular weight excluding hydrogens is 292 g/mol. The van der Waals surface area contributed by atoms with E-state index in [1.807, 2.05) is 0 Å². The van der Waals surface area contributed by atoms with Crippen molar-refractivity contribution in [3.05, 3.63) is 23.8 Å². The van der Waals surface area contributed by atoms with Gasteiger partial charge in [-0.25, -0.2) is 0 Å². The number of rotatable bonds is 0. The number of aliphatic hydroxyl groups is 3. The summed E-state index contributed by atoms with van der Waals surface area (Å²) in [6.45, 7) is 1.36. The van der Waals surface area contributed by atoms with Crippen LogP contribution >= 0.6 is 0 Å². The van der Waals surface area contributed by atoms with Gasteiger partial charge in [0, 0.05) is 6.42 Å². The van der Waals surface area contributed by atoms with Gasteiger partial charge in [-0.05, 0) is 19.1 Å². The average molecular weight is 308 g/mol. The highest BCUT2D eigenvalue weighted by atomic mass is 16.6. The van der Waals surface area contributed by atoms with Gasteiger partial charge in [0.25, 0.3) is 0 Å². The summed E-state index contributed by atoms with van der Waals surface area (Å²) in [4.78, 5) is 12.8. The molecule has 22 heavy (non-hydrogen) atoms. The van der Waals surface area contributed by atoms with Crippen LogP contribution in [0.3, 0.4) is 0 Å². The van der Waals surface area contributed by atoms with E-state index in [2.05, 4.69) is 0 Å². The number of ketones is 1. The first-order chi connectivity index (χ1) is 10.3. The van der Waals surface area contributed by atoms with Crippen molar-refractivity contribution in [3.8, 4) is 11.5 Å². The van der Waals surface area contributed by atoms with Crippen molar-refractivity contribution >= 4 is 5.78 Å². The summed E-state index contributed by atoms with van der Waals surface area (Å²) in [7, 11) is 0. The molecule has 3 aliphatic rings. The number of Topliss-reactive ketones (excluding diaryl/α,β-unsaturated/α-hetero) is 1. The van der Waals surface area contributed by atoms with Gasteiger partial charge in [0.15, 0.2) is 11.2 Å². The van der Waals surface area contributed by atoms with Crippen LogP contribution in [0.4, 0.5) is 0 Å². The van der Waals surface area contributed by atoms with E-state index in [1.54, 1.807) is 6.92 Å². The number of carbonyl (C=O) groups excluding carboxylic acids is 1. The number of aromatic hydroxyl groups is 1. The Morgan fingerprint density at radius 1 is 1.32 bits per heavy atom. The van der Waals surface area contributed by atoms with Gasteiger partial charge in [-0.1, -0.05) is 6.07 Å². The third-order valence-corrected chi connectivity index (χ3v) is 5.23. The highest BCUT2D eigenvalue weighted by Gasteiger charge is 2.78. The molecule has 4 N–H and O–H groups in total. The molecule has 1 spiro atoms. The molecule has 1 saturated heterocycles. The number of aliphatic hydroxyl groups excluding tert-OH is 2. The summed E-state index contributed by atoms with van der Waals surface area (Å²) in [5.74, 6) is -1.17. The van der Waals surface area contributed by atoms with Crippen molar-refractivity contribution in [2.45, 2.75) is 42.4 Å². The molecule has 7 heteroatoms. The smallest absolute Gasteiger partial charge is 0.208 e. The van der Waals surface area contributed by atoms with Gasteiger partial charge >= 0.3 is 0 Å². The third kappa shape index (κ3) is 1.25. The van der Waals surface area contributed by atoms with E-state index >= 15 is 0 Å². The van der Waals surface area contributed by atoms with E-state index in [4.69, 9.17) is 9.47 Å². The Morgan fingerprint density at radius 2 is 2.05 bits per heavy atom. The Balaban J connectivity index is 2.00. The second-order valence-corrected chi connectivity index (χ2v) is 6.46. The van der Waals surface area contributed by atoms with Crippen LogP contribution in [0.1, 0.15) is 23.7 Å². The fourth-order valence-corrected chi connectivity index (χ4v) is 3.95. The zero-order valence-electron chi connectivity index (χ0n) is 11.8. The Bertz CT molecular complexity index is 688. The molecule has 2 fully saturated rings. The topological polar surface area (TPSA) is 116 Å². The van der Waals surface area contributed by atoms with Crippen LogP contribution in [-0.2, 0) is 4.74 Å². The molecule has 5 atom stereocenters. The molecule has 0 amide bonds. The highest BCUT2D eigenvalue weighted by Crippen LogP contribution is 2.56. The number of fused-ring (bicyclic) bond motifs is 2. The summed E-state index contributed by atoms with van der Waals surface area (Å²) in [5.41, 5.74) is -5.48. The summed E-state index contributed by atoms with van der Waals surface area (Å²) in [6, 6.07) is 4.25. The van der Waals surface area contributed by atoms with Gasteiger partial charge in [-0.2, -0.15) is 0 Å². The maximum Gasteiger partial charge on any atom is 0.208 e. The van der Waals surface area contributed by atoms with Crippen molar-refractivity contribution in [1.82, 2.24) is 0 Å². The van der Waals surface area contributed by atoms with Crippen LogP contribution in [0.5, 0.6) is 11.5 Å². The third-order valence-electron chi connectivity index (χ3n) is 5.23. The minimum atomic E-state index is -2.38. The average Bonchev–Trinajstić information content (AvgIpc) is 2.65. The molecule has 0 unspecified atom stereocenters. The van der Waals surface area contributed by atoms with E-state index < -0.39 is 34.8 Å². The van der Waals surface area contributed by atoms with Crippen LogP contribution in [0.15, 0.2) is 18.2 Å². The molecule has 4 rings (SSSR count). The molecule has 0 aromatic heterocycles. The molecule has 1 aromatic carbocycles. The summed E-state index contributed by atoms with van der Waals surface area (Å²) in [5, 5.41) is 41.9. The zero-order valence-corrected chi connectivity index (χ0v) is 11.8. The molecule has 1 saturated carbocycles. The number of phenols is 1. The lowest BCUT2D eigenvalue weighted by atomic mass is 9.61. The number of benzene rings is 1. The van der Waals surface area contributed by atoms with Crippen LogP contribution < -0.4 is 4.74 Å². The first-order valence-corrected chi connectivity index (χ1v) is 7.04. The number of ether oxygens (including phenoxy) is 2. The van der Waals surface area contributed by atoms with Gasteiger partial charge < -0.3 is 29.9 Å². The van der Waals surface area contributed by atoms with E-state index in [0.29, 0.717) is 0 Å². The second kappa shape index (κ2) is 3.80. The van der Waals surface area contributed by atoms with E-state index in [0.717, 1.165) is 0 Å². The van der Waals surface area contributed by atoms with Crippen molar-refractivity contribution in [1.29, 1.82) is 0 Å². The fourth-order valence-electron chi connectivity index (χ4n) is 3.95. The predicted molar refractivity (Wildman–Crippen MR) is 71.7 cm³/mol. The second-order valence-electron chi connectivity index (χ2n) is 6.46.